The van der Waals surface area contributed by atoms with Crippen LogP contribution in [0, 0.1) is 0 Å². The van der Waals surface area contributed by atoms with E-state index in [2.05, 4.69) is 5.32 Å². The van der Waals surface area contributed by atoms with Crippen LogP contribution in [0.25, 0.3) is 0 Å². The minimum atomic E-state index is -1.47. The van der Waals surface area contributed by atoms with Gasteiger partial charge in [0.15, 0.2) is 0 Å². The number of nitrogens with two attached hydrogens (primary N) is 1. The van der Waals surface area contributed by atoms with Gasteiger partial charge in [-0.15, -0.1) is 0 Å². The fourth-order valence-electron chi connectivity index (χ4n) is 0.940. The molecular formula is C11H18F2N2O. The third-order valence-electron chi connectivity index (χ3n) is 1.82. The van der Waals surface area contributed by atoms with Crippen molar-refractivity contribution >= 4 is 5.91 Å². The second kappa shape index (κ2) is 9.03. The molecule has 5 heteroatoms. The van der Waals surface area contributed by atoms with Crippen LogP contribution in [-0.4, -0.2) is 25.2 Å². The molecule has 1 amide bonds. The van der Waals surface area contributed by atoms with Crippen molar-refractivity contribution < 1.29 is 13.6 Å². The molecule has 1 atom stereocenters. The summed E-state index contributed by atoms with van der Waals surface area (Å²) in [6.07, 6.45) is 2.15. The highest BCUT2D eigenvalue weighted by Gasteiger charge is 2.08. The Morgan fingerprint density at radius 2 is 2.25 bits per heavy atom. The Kier molecular flexibility index (Phi) is 8.34. The molecule has 0 bridgehead atoms. The van der Waals surface area contributed by atoms with Crippen LogP contribution in [0.5, 0.6) is 0 Å². The average Bonchev–Trinajstić information content (AvgIpc) is 2.26. The number of halogens is 2. The van der Waals surface area contributed by atoms with Crippen LogP contribution in [0.4, 0.5) is 8.78 Å². The molecule has 0 saturated carbocycles. The van der Waals surface area contributed by atoms with Gasteiger partial charge in [-0.2, -0.15) is 0 Å². The van der Waals surface area contributed by atoms with E-state index in [0.29, 0.717) is 19.5 Å². The van der Waals surface area contributed by atoms with Crippen molar-refractivity contribution in [2.45, 2.75) is 25.9 Å². The molecule has 3 nitrogen and oxygen atoms in total. The molecule has 0 radical (unpaired) electrons. The van der Waals surface area contributed by atoms with E-state index in [1.807, 2.05) is 0 Å². The number of carbonyl (C=O) groups is 1. The Bertz CT molecular complexity index is 265. The normalized spacial score (nSPS) is 14.1. The Hall–Kier alpha value is -1.23. The van der Waals surface area contributed by atoms with E-state index in [-0.39, 0.29) is 6.42 Å². The lowest BCUT2D eigenvalue weighted by Gasteiger charge is -2.04. The average molecular weight is 232 g/mol. The van der Waals surface area contributed by atoms with Gasteiger partial charge in [0.1, 0.15) is 12.0 Å². The van der Waals surface area contributed by atoms with Crippen LogP contribution in [0.1, 0.15) is 19.8 Å². The van der Waals surface area contributed by atoms with Crippen LogP contribution in [0.2, 0.25) is 0 Å². The first kappa shape index (κ1) is 14.8. The lowest BCUT2D eigenvalue weighted by atomic mass is 10.2. The second-order valence-electron chi connectivity index (χ2n) is 3.24. The molecule has 1 unspecified atom stereocenters. The maximum absolute atomic E-state index is 13.1. The lowest BCUT2D eigenvalue weighted by Crippen LogP contribution is -2.27. The Morgan fingerprint density at radius 1 is 1.56 bits per heavy atom. The summed E-state index contributed by atoms with van der Waals surface area (Å²) in [6, 6.07) is 0. The third-order valence-corrected chi connectivity index (χ3v) is 1.82. The second-order valence-corrected chi connectivity index (χ2v) is 3.24. The van der Waals surface area contributed by atoms with Crippen LogP contribution in [-0.2, 0) is 4.79 Å². The number of alkyl halides is 1. The molecule has 0 aromatic rings. The zero-order valence-corrected chi connectivity index (χ0v) is 9.38. The summed E-state index contributed by atoms with van der Waals surface area (Å²) in [6.45, 7) is 2.42. The van der Waals surface area contributed by atoms with Gasteiger partial charge >= 0.3 is 0 Å². The van der Waals surface area contributed by atoms with Crippen molar-refractivity contribution in [3.8, 4) is 0 Å². The van der Waals surface area contributed by atoms with E-state index in [1.165, 1.54) is 13.0 Å². The number of nitrogens with one attached hydrogen (secondary N) is 1. The Labute approximate surface area is 94.4 Å². The van der Waals surface area contributed by atoms with Crippen molar-refractivity contribution in [2.75, 3.05) is 13.1 Å². The molecule has 0 saturated heterocycles. The lowest BCUT2D eigenvalue weighted by molar-refractivity contribution is -0.121. The van der Waals surface area contributed by atoms with E-state index >= 15 is 0 Å². The predicted molar refractivity (Wildman–Crippen MR) is 60.2 cm³/mol. The molecule has 0 spiro atoms. The first-order valence-corrected chi connectivity index (χ1v) is 5.21. The Balaban J connectivity index is 3.82. The predicted octanol–water partition coefficient (Wildman–Crippen LogP) is 1.61. The number of hydrogen-bond donors (Lipinski definition) is 2. The number of carbonyl (C=O) groups excluding carboxylic acids is 1. The van der Waals surface area contributed by atoms with Gasteiger partial charge in [0, 0.05) is 6.54 Å². The summed E-state index contributed by atoms with van der Waals surface area (Å²) in [4.78, 5) is 11.1. The SMILES string of the molecule is C/C=C(F)\C=C/C(F)CC(=O)NCCCN. The summed E-state index contributed by atoms with van der Waals surface area (Å²) in [5, 5.41) is 2.51. The summed E-state index contributed by atoms with van der Waals surface area (Å²) in [5.41, 5.74) is 5.23. The maximum Gasteiger partial charge on any atom is 0.223 e. The van der Waals surface area contributed by atoms with Crippen molar-refractivity contribution in [1.82, 2.24) is 5.32 Å². The minimum Gasteiger partial charge on any atom is -0.356 e. The van der Waals surface area contributed by atoms with Gasteiger partial charge in [-0.05, 0) is 32.0 Å². The van der Waals surface area contributed by atoms with Crippen molar-refractivity contribution in [1.29, 1.82) is 0 Å². The van der Waals surface area contributed by atoms with Gasteiger partial charge < -0.3 is 11.1 Å². The number of rotatable bonds is 7. The highest BCUT2D eigenvalue weighted by molar-refractivity contribution is 5.76. The van der Waals surface area contributed by atoms with E-state index in [1.54, 1.807) is 0 Å². The highest BCUT2D eigenvalue weighted by atomic mass is 19.1. The maximum atomic E-state index is 13.1. The molecule has 0 aliphatic carbocycles. The molecule has 92 valence electrons. The van der Waals surface area contributed by atoms with Crippen molar-refractivity contribution in [3.63, 3.8) is 0 Å². The van der Waals surface area contributed by atoms with Crippen LogP contribution in [0.15, 0.2) is 24.1 Å². The van der Waals surface area contributed by atoms with E-state index in [9.17, 15) is 13.6 Å². The van der Waals surface area contributed by atoms with E-state index in [0.717, 1.165) is 12.2 Å². The number of amides is 1. The quantitative estimate of drug-likeness (QED) is 0.517. The fourth-order valence-corrected chi connectivity index (χ4v) is 0.940. The van der Waals surface area contributed by atoms with Gasteiger partial charge in [-0.1, -0.05) is 6.08 Å². The minimum absolute atomic E-state index is 0.294. The van der Waals surface area contributed by atoms with Crippen molar-refractivity contribution in [3.05, 3.63) is 24.1 Å². The summed E-state index contributed by atoms with van der Waals surface area (Å²) < 4.78 is 25.7. The molecule has 16 heavy (non-hydrogen) atoms. The summed E-state index contributed by atoms with van der Waals surface area (Å²) >= 11 is 0. The van der Waals surface area contributed by atoms with Gasteiger partial charge in [-0.25, -0.2) is 8.78 Å². The van der Waals surface area contributed by atoms with E-state index < -0.39 is 17.9 Å². The molecule has 3 N–H and O–H groups in total. The molecule has 0 aliphatic heterocycles. The van der Waals surface area contributed by atoms with Crippen LogP contribution in [0.3, 0.4) is 0 Å². The first-order valence-electron chi connectivity index (χ1n) is 5.21. The van der Waals surface area contributed by atoms with E-state index in [4.69, 9.17) is 5.73 Å². The molecule has 0 heterocycles. The zero-order valence-electron chi connectivity index (χ0n) is 9.38. The van der Waals surface area contributed by atoms with Gasteiger partial charge in [0.25, 0.3) is 0 Å². The van der Waals surface area contributed by atoms with Gasteiger partial charge in [-0.3, -0.25) is 4.79 Å². The summed E-state index contributed by atoms with van der Waals surface area (Å²) in [7, 11) is 0. The zero-order chi connectivity index (χ0) is 12.4. The smallest absolute Gasteiger partial charge is 0.223 e. The standard InChI is InChI=1S/C11H18F2N2O/c1-2-9(12)4-5-10(13)8-11(16)15-7-3-6-14/h2,4-5,10H,3,6-8,14H2,1H3,(H,15,16)/b5-4-,9-2+. The Morgan fingerprint density at radius 3 is 2.81 bits per heavy atom. The highest BCUT2D eigenvalue weighted by Crippen LogP contribution is 2.04. The van der Waals surface area contributed by atoms with Crippen LogP contribution < -0.4 is 11.1 Å². The van der Waals surface area contributed by atoms with Gasteiger partial charge in [0.2, 0.25) is 5.91 Å². The molecule has 0 aromatic heterocycles. The number of allylic oxidation sites excluding steroid dienone is 4. The van der Waals surface area contributed by atoms with Crippen LogP contribution >= 0.6 is 0 Å². The van der Waals surface area contributed by atoms with Gasteiger partial charge in [0.05, 0.1) is 6.42 Å². The molecular weight excluding hydrogens is 214 g/mol. The third kappa shape index (κ3) is 8.11. The molecule has 0 aliphatic rings. The largest absolute Gasteiger partial charge is 0.356 e. The fraction of sp³-hybridized carbons (Fsp3) is 0.545. The van der Waals surface area contributed by atoms with Crippen molar-refractivity contribution in [2.24, 2.45) is 5.73 Å². The monoisotopic (exact) mass is 232 g/mol. The topological polar surface area (TPSA) is 55.1 Å². The first-order chi connectivity index (χ1) is 7.60. The summed E-state index contributed by atoms with van der Waals surface area (Å²) in [5.74, 6) is -0.919. The molecule has 0 fully saturated rings. The molecule has 0 rings (SSSR count). The molecule has 0 aromatic carbocycles. The number of hydrogen-bond acceptors (Lipinski definition) is 2.